The number of aliphatic hydroxyl groups is 1. The molecule has 5 heteroatoms. The van der Waals surface area contributed by atoms with Crippen LogP contribution < -0.4 is 0 Å². The fourth-order valence-corrected chi connectivity index (χ4v) is 4.33. The summed E-state index contributed by atoms with van der Waals surface area (Å²) in [5.41, 5.74) is 2.72. The molecule has 0 aliphatic carbocycles. The third-order valence-corrected chi connectivity index (χ3v) is 4.58. The number of aliphatic hydroxyl groups excluding tert-OH is 1. The third kappa shape index (κ3) is 2.53. The molecule has 1 unspecified atom stereocenters. The summed E-state index contributed by atoms with van der Waals surface area (Å²) in [4.78, 5) is 4.08. The van der Waals surface area contributed by atoms with Crippen LogP contribution in [0.5, 0.6) is 0 Å². The van der Waals surface area contributed by atoms with E-state index in [1.165, 1.54) is 0 Å². The second-order valence-electron chi connectivity index (χ2n) is 3.48. The number of hydrogen-bond acceptors (Lipinski definition) is 3. The van der Waals surface area contributed by atoms with Gasteiger partial charge in [0, 0.05) is 23.5 Å². The van der Waals surface area contributed by atoms with E-state index in [0.29, 0.717) is 0 Å². The molecule has 0 saturated heterocycles. The Balaban J connectivity index is 2.38. The molecule has 2 aromatic rings. The number of nitrogens with zero attached hydrogens (tertiary/aromatic N) is 1. The molecular formula is C11H9Br2NOS. The molecular weight excluding hydrogens is 354 g/mol. The lowest BCUT2D eigenvalue weighted by molar-refractivity contribution is 0.219. The Morgan fingerprint density at radius 1 is 1.31 bits per heavy atom. The molecule has 0 radical (unpaired) electrons. The zero-order chi connectivity index (χ0) is 11.7. The van der Waals surface area contributed by atoms with Crippen molar-refractivity contribution in [1.82, 2.24) is 4.98 Å². The van der Waals surface area contributed by atoms with E-state index in [1.54, 1.807) is 23.7 Å². The van der Waals surface area contributed by atoms with Gasteiger partial charge in [-0.3, -0.25) is 4.98 Å². The van der Waals surface area contributed by atoms with E-state index in [1.807, 2.05) is 19.1 Å². The summed E-state index contributed by atoms with van der Waals surface area (Å²) >= 11 is 8.39. The molecule has 0 spiro atoms. The van der Waals surface area contributed by atoms with Crippen molar-refractivity contribution in [2.45, 2.75) is 13.0 Å². The van der Waals surface area contributed by atoms with Crippen LogP contribution >= 0.6 is 43.2 Å². The summed E-state index contributed by atoms with van der Waals surface area (Å²) in [6.07, 6.45) is 2.83. The maximum Gasteiger partial charge on any atom is 0.107 e. The number of thiophene rings is 1. The van der Waals surface area contributed by atoms with Crippen LogP contribution in [0.15, 0.2) is 32.1 Å². The van der Waals surface area contributed by atoms with Crippen LogP contribution in [0.2, 0.25) is 0 Å². The van der Waals surface area contributed by atoms with Crippen LogP contribution in [-0.2, 0) is 0 Å². The molecule has 84 valence electrons. The average molecular weight is 363 g/mol. The molecule has 2 rings (SSSR count). The fraction of sp³-hybridized carbons (Fsp3) is 0.182. The van der Waals surface area contributed by atoms with Gasteiger partial charge in [0.25, 0.3) is 0 Å². The number of aromatic nitrogens is 1. The minimum atomic E-state index is -0.635. The van der Waals surface area contributed by atoms with Gasteiger partial charge in [-0.2, -0.15) is 0 Å². The summed E-state index contributed by atoms with van der Waals surface area (Å²) < 4.78 is 1.93. The molecule has 0 aliphatic heterocycles. The molecule has 0 amide bonds. The fourth-order valence-electron chi connectivity index (χ4n) is 1.45. The molecule has 1 atom stereocenters. The van der Waals surface area contributed by atoms with E-state index in [0.717, 1.165) is 24.3 Å². The predicted molar refractivity (Wildman–Crippen MR) is 72.8 cm³/mol. The van der Waals surface area contributed by atoms with Gasteiger partial charge in [-0.25, -0.2) is 0 Å². The topological polar surface area (TPSA) is 33.1 Å². The van der Waals surface area contributed by atoms with Gasteiger partial charge >= 0.3 is 0 Å². The van der Waals surface area contributed by atoms with Crippen molar-refractivity contribution in [2.75, 3.05) is 0 Å². The van der Waals surface area contributed by atoms with E-state index in [-0.39, 0.29) is 0 Å². The lowest BCUT2D eigenvalue weighted by Crippen LogP contribution is -1.99. The molecule has 2 heterocycles. The van der Waals surface area contributed by atoms with Gasteiger partial charge < -0.3 is 5.11 Å². The summed E-state index contributed by atoms with van der Waals surface area (Å²) in [6, 6.07) is 3.86. The molecule has 0 aromatic carbocycles. The van der Waals surface area contributed by atoms with Crippen LogP contribution in [-0.4, -0.2) is 10.1 Å². The molecule has 16 heavy (non-hydrogen) atoms. The smallest absolute Gasteiger partial charge is 0.107 e. The van der Waals surface area contributed by atoms with Gasteiger partial charge in [0.1, 0.15) is 6.10 Å². The molecule has 0 bridgehead atoms. The van der Waals surface area contributed by atoms with Gasteiger partial charge in [0.05, 0.1) is 7.57 Å². The Morgan fingerprint density at radius 3 is 2.62 bits per heavy atom. The summed E-state index contributed by atoms with van der Waals surface area (Å²) in [5, 5.41) is 10.2. The first-order valence-corrected chi connectivity index (χ1v) is 7.02. The van der Waals surface area contributed by atoms with Crippen LogP contribution in [0.4, 0.5) is 0 Å². The number of hydrogen-bond donors (Lipinski definition) is 1. The highest BCUT2D eigenvalue weighted by Crippen LogP contribution is 2.37. The Kier molecular flexibility index (Phi) is 3.79. The van der Waals surface area contributed by atoms with Crippen LogP contribution in [0.1, 0.15) is 22.8 Å². The zero-order valence-corrected chi connectivity index (χ0v) is 12.4. The molecule has 1 N–H and O–H groups in total. The van der Waals surface area contributed by atoms with Crippen molar-refractivity contribution < 1.29 is 5.11 Å². The third-order valence-electron chi connectivity index (χ3n) is 2.19. The van der Waals surface area contributed by atoms with Crippen molar-refractivity contribution in [3.63, 3.8) is 0 Å². The average Bonchev–Trinajstić information content (AvgIpc) is 2.57. The maximum atomic E-state index is 10.2. The molecule has 0 aliphatic rings. The summed E-state index contributed by atoms with van der Waals surface area (Å²) in [6.45, 7) is 1.96. The molecule has 2 aromatic heterocycles. The van der Waals surface area contributed by atoms with Gasteiger partial charge in [-0.1, -0.05) is 6.07 Å². The van der Waals surface area contributed by atoms with E-state index >= 15 is 0 Å². The highest BCUT2D eigenvalue weighted by molar-refractivity contribution is 9.12. The first-order valence-electron chi connectivity index (χ1n) is 4.62. The highest BCUT2D eigenvalue weighted by Gasteiger charge is 2.16. The largest absolute Gasteiger partial charge is 0.384 e. The van der Waals surface area contributed by atoms with Crippen molar-refractivity contribution in [3.8, 4) is 0 Å². The normalized spacial score (nSPS) is 12.8. The van der Waals surface area contributed by atoms with E-state index < -0.39 is 6.10 Å². The predicted octanol–water partition coefficient (Wildman–Crippen LogP) is 4.06. The zero-order valence-electron chi connectivity index (χ0n) is 8.45. The quantitative estimate of drug-likeness (QED) is 0.873. The first kappa shape index (κ1) is 12.2. The highest BCUT2D eigenvalue weighted by atomic mass is 79.9. The Labute approximate surface area is 115 Å². The van der Waals surface area contributed by atoms with Crippen LogP contribution in [0.3, 0.4) is 0 Å². The van der Waals surface area contributed by atoms with Gasteiger partial charge in [-0.05, 0) is 50.4 Å². The second kappa shape index (κ2) is 4.96. The van der Waals surface area contributed by atoms with E-state index in [4.69, 9.17) is 0 Å². The lowest BCUT2D eigenvalue weighted by Gasteiger charge is -2.10. The van der Waals surface area contributed by atoms with Crippen molar-refractivity contribution in [3.05, 3.63) is 48.8 Å². The summed E-state index contributed by atoms with van der Waals surface area (Å²) in [5.74, 6) is 0. The number of rotatable bonds is 2. The maximum absolute atomic E-state index is 10.2. The Bertz CT molecular complexity index is 512. The number of halogens is 2. The number of aryl methyl sites for hydroxylation is 1. The van der Waals surface area contributed by atoms with Crippen molar-refractivity contribution in [1.29, 1.82) is 0 Å². The van der Waals surface area contributed by atoms with Gasteiger partial charge in [-0.15, -0.1) is 11.3 Å². The lowest BCUT2D eigenvalue weighted by atomic mass is 10.1. The molecule has 0 fully saturated rings. The number of pyridine rings is 1. The van der Waals surface area contributed by atoms with Crippen LogP contribution in [0, 0.1) is 6.92 Å². The van der Waals surface area contributed by atoms with E-state index in [2.05, 4.69) is 36.8 Å². The van der Waals surface area contributed by atoms with Crippen molar-refractivity contribution >= 4 is 43.2 Å². The van der Waals surface area contributed by atoms with Gasteiger partial charge in [0.2, 0.25) is 0 Å². The van der Waals surface area contributed by atoms with Gasteiger partial charge in [0.15, 0.2) is 0 Å². The summed E-state index contributed by atoms with van der Waals surface area (Å²) in [7, 11) is 0. The SMILES string of the molecule is Cc1cncc(C(O)c2cc(Br)sc2Br)c1. The minimum absolute atomic E-state index is 0.635. The van der Waals surface area contributed by atoms with Crippen LogP contribution in [0.25, 0.3) is 0 Å². The monoisotopic (exact) mass is 361 g/mol. The second-order valence-corrected chi connectivity index (χ2v) is 7.23. The molecule has 0 saturated carbocycles. The first-order chi connectivity index (χ1) is 7.58. The Morgan fingerprint density at radius 2 is 2.06 bits per heavy atom. The van der Waals surface area contributed by atoms with Crippen molar-refractivity contribution in [2.24, 2.45) is 0 Å². The standard InChI is InChI=1S/C11H9Br2NOS/c1-6-2-7(5-14-4-6)10(15)8-3-9(12)16-11(8)13/h2-5,10,15H,1H3. The Hall–Kier alpha value is -0.230. The molecule has 2 nitrogen and oxygen atoms in total. The minimum Gasteiger partial charge on any atom is -0.384 e. The van der Waals surface area contributed by atoms with E-state index in [9.17, 15) is 5.11 Å².